The topological polar surface area (TPSA) is 107 Å². The molecule has 4 atom stereocenters. The molecule has 3 rings (SSSR count). The number of nitrogens with zero attached hydrogens (tertiary/aromatic N) is 2. The normalized spacial score (nSPS) is 24.2. The summed E-state index contributed by atoms with van der Waals surface area (Å²) in [6.07, 6.45) is 1.42. The number of fused-ring (bicyclic) bond motifs is 1. The number of carbonyl (C=O) groups is 1. The molecule has 1 fully saturated rings. The minimum absolute atomic E-state index is 0.00532. The molecule has 1 aromatic rings. The lowest BCUT2D eigenvalue weighted by molar-refractivity contribution is -0.131. The molecule has 8 nitrogen and oxygen atoms in total. The molecule has 0 unspecified atom stereocenters. The number of carbonyl (C=O) groups excluding carboxylic acids is 1. The van der Waals surface area contributed by atoms with Gasteiger partial charge in [-0.2, -0.15) is 4.31 Å². The van der Waals surface area contributed by atoms with Gasteiger partial charge in [-0.1, -0.05) is 18.8 Å². The first-order chi connectivity index (χ1) is 15.5. The average molecular weight is 479 g/mol. The highest BCUT2D eigenvalue weighted by Gasteiger charge is 2.38. The van der Waals surface area contributed by atoms with Crippen molar-refractivity contribution in [3.05, 3.63) is 23.8 Å². The molecule has 0 spiro atoms. The Morgan fingerprint density at radius 2 is 2.03 bits per heavy atom. The van der Waals surface area contributed by atoms with Gasteiger partial charge in [0.05, 0.1) is 13.2 Å². The molecule has 0 aromatic heterocycles. The highest BCUT2D eigenvalue weighted by molar-refractivity contribution is 7.89. The largest absolute Gasteiger partial charge is 0.487 e. The van der Waals surface area contributed by atoms with E-state index in [1.54, 1.807) is 37.9 Å². The summed E-state index contributed by atoms with van der Waals surface area (Å²) in [5, 5.41) is 19.2. The fraction of sp³-hybridized carbons (Fsp3) is 0.625. The second-order valence-corrected chi connectivity index (χ2v) is 11.1. The highest BCUT2D eigenvalue weighted by atomic mass is 32.2. The van der Waals surface area contributed by atoms with Crippen molar-refractivity contribution in [3.8, 4) is 17.6 Å². The van der Waals surface area contributed by atoms with Crippen LogP contribution in [0, 0.1) is 23.7 Å². The maximum absolute atomic E-state index is 13.5. The Labute approximate surface area is 196 Å². The minimum Gasteiger partial charge on any atom is -0.487 e. The lowest BCUT2D eigenvalue weighted by atomic mass is 10.0. The van der Waals surface area contributed by atoms with Crippen LogP contribution in [0.4, 0.5) is 0 Å². The number of rotatable bonds is 6. The van der Waals surface area contributed by atoms with Gasteiger partial charge in [-0.25, -0.2) is 8.42 Å². The molecule has 1 aliphatic carbocycles. The van der Waals surface area contributed by atoms with Gasteiger partial charge in [-0.05, 0) is 50.8 Å². The monoisotopic (exact) mass is 478 g/mol. The number of likely N-dealkylation sites (N-methyl/N-ethyl adjacent to an activating group) is 1. The van der Waals surface area contributed by atoms with Gasteiger partial charge in [0.25, 0.3) is 0 Å². The van der Waals surface area contributed by atoms with Crippen molar-refractivity contribution in [2.24, 2.45) is 11.8 Å². The molecule has 1 heterocycles. The summed E-state index contributed by atoms with van der Waals surface area (Å²) in [7, 11) is -2.19. The predicted octanol–water partition coefficient (Wildman–Crippen LogP) is 1.45. The van der Waals surface area contributed by atoms with Crippen LogP contribution in [0.5, 0.6) is 5.75 Å². The van der Waals surface area contributed by atoms with Crippen LogP contribution in [-0.4, -0.2) is 78.7 Å². The van der Waals surface area contributed by atoms with Gasteiger partial charge in [0, 0.05) is 37.5 Å². The Kier molecular flexibility index (Phi) is 8.06. The zero-order valence-electron chi connectivity index (χ0n) is 19.7. The van der Waals surface area contributed by atoms with E-state index < -0.39 is 28.3 Å². The van der Waals surface area contributed by atoms with E-state index in [0.717, 1.165) is 12.8 Å². The highest BCUT2D eigenvalue weighted by Crippen LogP contribution is 2.35. The van der Waals surface area contributed by atoms with Crippen LogP contribution in [0.1, 0.15) is 45.6 Å². The molecule has 0 bridgehead atoms. The Bertz CT molecular complexity index is 1030. The van der Waals surface area contributed by atoms with Crippen LogP contribution in [0.25, 0.3) is 0 Å². The van der Waals surface area contributed by atoms with Gasteiger partial charge >= 0.3 is 0 Å². The number of hydrogen-bond acceptors (Lipinski definition) is 6. The fourth-order valence-electron chi connectivity index (χ4n) is 3.81. The first kappa shape index (κ1) is 25.5. The van der Waals surface area contributed by atoms with Crippen molar-refractivity contribution in [2.75, 3.05) is 26.7 Å². The van der Waals surface area contributed by atoms with Crippen LogP contribution < -0.4 is 4.74 Å². The fourth-order valence-corrected chi connectivity index (χ4v) is 5.63. The van der Waals surface area contributed by atoms with Crippen molar-refractivity contribution in [1.29, 1.82) is 0 Å². The zero-order chi connectivity index (χ0) is 24.3. The zero-order valence-corrected chi connectivity index (χ0v) is 20.5. The van der Waals surface area contributed by atoms with Crippen LogP contribution in [0.2, 0.25) is 0 Å². The maximum atomic E-state index is 13.5. The molecule has 33 heavy (non-hydrogen) atoms. The summed E-state index contributed by atoms with van der Waals surface area (Å²) in [6, 6.07) is 3.96. The number of aliphatic hydroxyl groups excluding tert-OH is 2. The summed E-state index contributed by atoms with van der Waals surface area (Å²) in [6.45, 7) is 5.25. The van der Waals surface area contributed by atoms with E-state index in [0.29, 0.717) is 24.4 Å². The second-order valence-electron chi connectivity index (χ2n) is 9.27. The summed E-state index contributed by atoms with van der Waals surface area (Å²) in [5.74, 6) is 5.91. The summed E-state index contributed by atoms with van der Waals surface area (Å²) < 4.78 is 34.5. The molecule has 1 aromatic carbocycles. The van der Waals surface area contributed by atoms with Crippen molar-refractivity contribution in [1.82, 2.24) is 9.21 Å². The van der Waals surface area contributed by atoms with E-state index in [2.05, 4.69) is 11.8 Å². The molecular weight excluding hydrogens is 444 g/mol. The molecule has 182 valence electrons. The SMILES string of the molecule is C[C@@H]1CN([C@@H](C)CO)S(=O)(=O)c2ccc(C#C[C@@H](C)O)cc2O[C@H]1CN(C)C(=O)CC1CC1. The number of sulfonamides is 1. The molecule has 1 aliphatic heterocycles. The number of benzene rings is 1. The van der Waals surface area contributed by atoms with Gasteiger partial charge in [0.1, 0.15) is 22.9 Å². The number of hydrogen-bond donors (Lipinski definition) is 2. The predicted molar refractivity (Wildman–Crippen MR) is 124 cm³/mol. The molecule has 0 saturated heterocycles. The van der Waals surface area contributed by atoms with E-state index in [1.165, 1.54) is 10.4 Å². The third-order valence-electron chi connectivity index (χ3n) is 6.13. The Morgan fingerprint density at radius 1 is 1.33 bits per heavy atom. The van der Waals surface area contributed by atoms with Crippen LogP contribution in [0.3, 0.4) is 0 Å². The minimum atomic E-state index is -3.94. The van der Waals surface area contributed by atoms with Gasteiger partial charge in [0.15, 0.2) is 0 Å². The lowest BCUT2D eigenvalue weighted by Gasteiger charge is -2.37. The van der Waals surface area contributed by atoms with E-state index in [4.69, 9.17) is 4.74 Å². The third kappa shape index (κ3) is 6.27. The van der Waals surface area contributed by atoms with Crippen molar-refractivity contribution < 1.29 is 28.2 Å². The standard InChI is InChI=1S/C24H34N2O6S/c1-16-13-26(17(2)15-27)33(30,31)23-10-9-19(6-5-18(3)28)11-21(23)32-22(16)14-25(4)24(29)12-20-7-8-20/h9-11,16-18,20,22,27-28H,7-8,12-15H2,1-4H3/t16-,17+,18-,22+/m1/s1. The number of amides is 1. The molecule has 1 amide bonds. The van der Waals surface area contributed by atoms with Gasteiger partial charge in [-0.15, -0.1) is 0 Å². The average Bonchev–Trinajstić information content (AvgIpc) is 3.57. The van der Waals surface area contributed by atoms with Gasteiger partial charge in [-0.3, -0.25) is 4.79 Å². The summed E-state index contributed by atoms with van der Waals surface area (Å²) in [5.41, 5.74) is 0.511. The molecular formula is C24H34N2O6S. The number of aliphatic hydroxyl groups is 2. The second kappa shape index (κ2) is 10.4. The molecule has 1 saturated carbocycles. The van der Waals surface area contributed by atoms with Crippen molar-refractivity contribution >= 4 is 15.9 Å². The van der Waals surface area contributed by atoms with E-state index in [-0.39, 0.29) is 35.6 Å². The first-order valence-corrected chi connectivity index (χ1v) is 12.8. The van der Waals surface area contributed by atoms with Crippen LogP contribution in [-0.2, 0) is 14.8 Å². The van der Waals surface area contributed by atoms with Crippen LogP contribution >= 0.6 is 0 Å². The van der Waals surface area contributed by atoms with Crippen molar-refractivity contribution in [2.45, 2.75) is 63.2 Å². The molecule has 0 radical (unpaired) electrons. The van der Waals surface area contributed by atoms with Crippen LogP contribution in [0.15, 0.2) is 23.1 Å². The lowest BCUT2D eigenvalue weighted by Crippen LogP contribution is -2.50. The van der Waals surface area contributed by atoms with Crippen molar-refractivity contribution in [3.63, 3.8) is 0 Å². The summed E-state index contributed by atoms with van der Waals surface area (Å²) in [4.78, 5) is 14.2. The molecule has 2 N–H and O–H groups in total. The smallest absolute Gasteiger partial charge is 0.247 e. The Balaban J connectivity index is 1.99. The van der Waals surface area contributed by atoms with Gasteiger partial charge < -0.3 is 19.8 Å². The maximum Gasteiger partial charge on any atom is 0.247 e. The Hall–Kier alpha value is -2.12. The first-order valence-electron chi connectivity index (χ1n) is 11.4. The molecule has 9 heteroatoms. The van der Waals surface area contributed by atoms with E-state index >= 15 is 0 Å². The quantitative estimate of drug-likeness (QED) is 0.600. The van der Waals surface area contributed by atoms with Gasteiger partial charge in [0.2, 0.25) is 15.9 Å². The van der Waals surface area contributed by atoms with E-state index in [1.807, 2.05) is 6.92 Å². The summed E-state index contributed by atoms with van der Waals surface area (Å²) >= 11 is 0. The van der Waals surface area contributed by atoms with E-state index in [9.17, 15) is 23.4 Å². The molecule has 2 aliphatic rings. The third-order valence-corrected chi connectivity index (χ3v) is 8.15. The number of ether oxygens (including phenoxy) is 1. The Morgan fingerprint density at radius 3 is 2.64 bits per heavy atom.